The average molecular weight is 304 g/mol. The minimum absolute atomic E-state index is 0.0746. The van der Waals surface area contributed by atoms with Crippen LogP contribution < -0.4 is 0 Å². The van der Waals surface area contributed by atoms with E-state index >= 15 is 0 Å². The molecule has 2 fully saturated rings. The summed E-state index contributed by atoms with van der Waals surface area (Å²) in [5.74, 6) is 0.562. The molecule has 2 saturated heterocycles. The Labute approximate surface area is 133 Å². The first-order chi connectivity index (χ1) is 10.8. The first kappa shape index (κ1) is 15.6. The smallest absolute Gasteiger partial charge is 0.289 e. The average Bonchev–Trinajstić information content (AvgIpc) is 2.97. The number of hydrogen-bond donors (Lipinski definition) is 0. The van der Waals surface area contributed by atoms with E-state index in [2.05, 4.69) is 9.80 Å². The summed E-state index contributed by atoms with van der Waals surface area (Å²) in [7, 11) is 0. The van der Waals surface area contributed by atoms with Crippen LogP contribution in [0.1, 0.15) is 61.9 Å². The first-order valence-corrected chi connectivity index (χ1v) is 8.91. The van der Waals surface area contributed by atoms with Crippen LogP contribution in [0.25, 0.3) is 0 Å². The summed E-state index contributed by atoms with van der Waals surface area (Å²) in [6.07, 6.45) is 11.6. The van der Waals surface area contributed by atoms with Gasteiger partial charge in [-0.1, -0.05) is 12.8 Å². The molecule has 122 valence electrons. The van der Waals surface area contributed by atoms with Crippen LogP contribution in [-0.4, -0.2) is 47.9 Å². The van der Waals surface area contributed by atoms with Crippen molar-refractivity contribution in [2.24, 2.45) is 0 Å². The van der Waals surface area contributed by atoms with Gasteiger partial charge < -0.3 is 14.2 Å². The van der Waals surface area contributed by atoms with Gasteiger partial charge in [0.1, 0.15) is 0 Å². The number of nitrogens with zero attached hydrogens (tertiary/aromatic N) is 2. The summed E-state index contributed by atoms with van der Waals surface area (Å²) in [5, 5.41) is 0. The number of likely N-dealkylation sites (tertiary alicyclic amines) is 2. The van der Waals surface area contributed by atoms with Crippen molar-refractivity contribution in [2.45, 2.75) is 57.4 Å². The van der Waals surface area contributed by atoms with Gasteiger partial charge >= 0.3 is 0 Å². The molecule has 0 spiro atoms. The van der Waals surface area contributed by atoms with Gasteiger partial charge in [0.25, 0.3) is 5.91 Å². The van der Waals surface area contributed by atoms with E-state index in [-0.39, 0.29) is 5.91 Å². The molecule has 2 aliphatic heterocycles. The van der Waals surface area contributed by atoms with Crippen molar-refractivity contribution < 1.29 is 9.21 Å². The van der Waals surface area contributed by atoms with Crippen LogP contribution in [0.3, 0.4) is 0 Å². The highest BCUT2D eigenvalue weighted by molar-refractivity contribution is 5.91. The maximum Gasteiger partial charge on any atom is 0.289 e. The lowest BCUT2D eigenvalue weighted by atomic mass is 9.98. The van der Waals surface area contributed by atoms with Crippen LogP contribution >= 0.6 is 0 Å². The lowest BCUT2D eigenvalue weighted by Gasteiger charge is -2.36. The van der Waals surface area contributed by atoms with Gasteiger partial charge in [0, 0.05) is 19.1 Å². The van der Waals surface area contributed by atoms with Crippen molar-refractivity contribution in [2.75, 3.05) is 26.2 Å². The molecule has 0 aliphatic carbocycles. The van der Waals surface area contributed by atoms with E-state index in [0.717, 1.165) is 32.4 Å². The standard InChI is InChI=1S/C18H28N2O2/c21-18(17-9-7-15-22-17)20-13-6-3-8-16(20)10-14-19-11-4-1-2-5-12-19/h7,9,15-16H,1-6,8,10-14H2. The van der Waals surface area contributed by atoms with Gasteiger partial charge in [0.05, 0.1) is 6.26 Å². The zero-order valence-electron chi connectivity index (χ0n) is 13.5. The number of hydrogen-bond acceptors (Lipinski definition) is 3. The van der Waals surface area contributed by atoms with Gasteiger partial charge in [-0.2, -0.15) is 0 Å². The highest BCUT2D eigenvalue weighted by Crippen LogP contribution is 2.23. The highest BCUT2D eigenvalue weighted by Gasteiger charge is 2.29. The number of furan rings is 1. The number of amides is 1. The predicted molar refractivity (Wildman–Crippen MR) is 86.9 cm³/mol. The number of carbonyl (C=O) groups is 1. The van der Waals surface area contributed by atoms with Crippen molar-refractivity contribution in [1.82, 2.24) is 9.80 Å². The summed E-state index contributed by atoms with van der Waals surface area (Å²) in [6.45, 7) is 4.48. The van der Waals surface area contributed by atoms with E-state index in [4.69, 9.17) is 4.42 Å². The van der Waals surface area contributed by atoms with Gasteiger partial charge in [0.15, 0.2) is 5.76 Å². The molecule has 1 atom stereocenters. The summed E-state index contributed by atoms with van der Waals surface area (Å²) in [6, 6.07) is 3.96. The van der Waals surface area contributed by atoms with Crippen LogP contribution in [0.15, 0.2) is 22.8 Å². The van der Waals surface area contributed by atoms with Gasteiger partial charge in [0.2, 0.25) is 0 Å². The Hall–Kier alpha value is -1.29. The van der Waals surface area contributed by atoms with Gasteiger partial charge in [-0.3, -0.25) is 4.79 Å². The van der Waals surface area contributed by atoms with E-state index in [9.17, 15) is 4.79 Å². The van der Waals surface area contributed by atoms with Crippen molar-refractivity contribution in [1.29, 1.82) is 0 Å². The Morgan fingerprint density at radius 1 is 1.09 bits per heavy atom. The fraction of sp³-hybridized carbons (Fsp3) is 0.722. The molecule has 4 heteroatoms. The normalized spacial score (nSPS) is 24.2. The lowest BCUT2D eigenvalue weighted by molar-refractivity contribution is 0.0552. The molecule has 2 aliphatic rings. The number of carbonyl (C=O) groups excluding carboxylic acids is 1. The topological polar surface area (TPSA) is 36.7 Å². The largest absolute Gasteiger partial charge is 0.459 e. The Morgan fingerprint density at radius 2 is 1.86 bits per heavy atom. The molecule has 1 aromatic rings. The Balaban J connectivity index is 1.56. The third-order valence-corrected chi connectivity index (χ3v) is 5.10. The van der Waals surface area contributed by atoms with Gasteiger partial charge in [-0.25, -0.2) is 0 Å². The molecule has 4 nitrogen and oxygen atoms in total. The third kappa shape index (κ3) is 3.92. The second-order valence-electron chi connectivity index (χ2n) is 6.67. The molecule has 0 aromatic carbocycles. The maximum absolute atomic E-state index is 12.6. The minimum Gasteiger partial charge on any atom is -0.459 e. The zero-order valence-corrected chi connectivity index (χ0v) is 13.5. The molecule has 0 N–H and O–H groups in total. The fourth-order valence-corrected chi connectivity index (χ4v) is 3.80. The predicted octanol–water partition coefficient (Wildman–Crippen LogP) is 3.54. The molecule has 0 bridgehead atoms. The molecule has 1 aromatic heterocycles. The van der Waals surface area contributed by atoms with Crippen molar-refractivity contribution in [3.63, 3.8) is 0 Å². The van der Waals surface area contributed by atoms with Gasteiger partial charge in [-0.15, -0.1) is 0 Å². The van der Waals surface area contributed by atoms with E-state index < -0.39 is 0 Å². The van der Waals surface area contributed by atoms with Gasteiger partial charge in [-0.05, 0) is 63.7 Å². The third-order valence-electron chi connectivity index (χ3n) is 5.10. The summed E-state index contributed by atoms with van der Waals surface area (Å²) in [5.41, 5.74) is 0. The second kappa shape index (κ2) is 7.82. The van der Waals surface area contributed by atoms with Crippen LogP contribution in [0.2, 0.25) is 0 Å². The Morgan fingerprint density at radius 3 is 2.59 bits per heavy atom. The lowest BCUT2D eigenvalue weighted by Crippen LogP contribution is -2.45. The van der Waals surface area contributed by atoms with E-state index in [1.165, 1.54) is 45.2 Å². The quantitative estimate of drug-likeness (QED) is 0.853. The molecular formula is C18H28N2O2. The van der Waals surface area contributed by atoms with Crippen LogP contribution in [0.4, 0.5) is 0 Å². The summed E-state index contributed by atoms with van der Waals surface area (Å²) < 4.78 is 5.31. The van der Waals surface area contributed by atoms with E-state index in [1.807, 2.05) is 0 Å². The van der Waals surface area contributed by atoms with Crippen molar-refractivity contribution in [3.05, 3.63) is 24.2 Å². The molecule has 1 amide bonds. The molecule has 0 saturated carbocycles. The summed E-state index contributed by atoms with van der Waals surface area (Å²) >= 11 is 0. The maximum atomic E-state index is 12.6. The molecule has 0 radical (unpaired) electrons. The Bertz CT molecular complexity index is 450. The number of rotatable bonds is 4. The molecule has 3 heterocycles. The second-order valence-corrected chi connectivity index (χ2v) is 6.67. The van der Waals surface area contributed by atoms with E-state index in [0.29, 0.717) is 11.8 Å². The molecule has 1 unspecified atom stereocenters. The minimum atomic E-state index is 0.0746. The van der Waals surface area contributed by atoms with Crippen LogP contribution in [0.5, 0.6) is 0 Å². The SMILES string of the molecule is O=C(c1ccco1)N1CCCCC1CCN1CCCCCC1. The molecule has 3 rings (SSSR count). The summed E-state index contributed by atoms with van der Waals surface area (Å²) in [4.78, 5) is 17.2. The first-order valence-electron chi connectivity index (χ1n) is 8.91. The molecular weight excluding hydrogens is 276 g/mol. The fourth-order valence-electron chi connectivity index (χ4n) is 3.80. The number of piperidine rings is 1. The van der Waals surface area contributed by atoms with Crippen LogP contribution in [0, 0.1) is 0 Å². The molecule has 22 heavy (non-hydrogen) atoms. The highest BCUT2D eigenvalue weighted by atomic mass is 16.3. The van der Waals surface area contributed by atoms with Crippen LogP contribution in [-0.2, 0) is 0 Å². The Kier molecular flexibility index (Phi) is 5.54. The zero-order chi connectivity index (χ0) is 15.2. The monoisotopic (exact) mass is 304 g/mol. The van der Waals surface area contributed by atoms with Crippen molar-refractivity contribution >= 4 is 5.91 Å². The van der Waals surface area contributed by atoms with E-state index in [1.54, 1.807) is 18.4 Å². The van der Waals surface area contributed by atoms with Crippen molar-refractivity contribution in [3.8, 4) is 0 Å².